The Balaban J connectivity index is 0.00000341. The average molecular weight is 537 g/mol. The number of carbonyl (C=O) groups is 1. The topological polar surface area (TPSA) is 63.2 Å². The fraction of sp³-hybridized carbons (Fsp3) is 0.417. The van der Waals surface area contributed by atoms with Gasteiger partial charge < -0.3 is 19.7 Å². The van der Waals surface area contributed by atoms with Gasteiger partial charge in [-0.25, -0.2) is 0 Å². The lowest BCUT2D eigenvalue weighted by Gasteiger charge is -2.33. The minimum Gasteiger partial charge on any atom is -0.491 e. The number of aliphatic imine (C=N–C) groups is 1. The first-order valence-corrected chi connectivity index (χ1v) is 10.6. The zero-order valence-electron chi connectivity index (χ0n) is 18.3. The van der Waals surface area contributed by atoms with Crippen LogP contribution in [0, 0.1) is 5.92 Å². The minimum atomic E-state index is -0.0782. The molecule has 2 aromatic carbocycles. The summed E-state index contributed by atoms with van der Waals surface area (Å²) in [6.07, 6.45) is 1.58. The van der Waals surface area contributed by atoms with E-state index in [1.54, 1.807) is 7.05 Å². The Labute approximate surface area is 202 Å². The number of para-hydroxylation sites is 1. The van der Waals surface area contributed by atoms with E-state index in [1.165, 1.54) is 0 Å². The third-order valence-electron chi connectivity index (χ3n) is 5.24. The molecule has 6 nitrogen and oxygen atoms in total. The Kier molecular flexibility index (Phi) is 10.6. The summed E-state index contributed by atoms with van der Waals surface area (Å²) in [5, 5.41) is 3.37. The molecule has 1 aliphatic heterocycles. The van der Waals surface area contributed by atoms with E-state index in [4.69, 9.17) is 9.47 Å². The number of ether oxygens (including phenoxy) is 2. The first-order chi connectivity index (χ1) is 14.7. The number of benzene rings is 2. The number of hydrogen-bond acceptors (Lipinski definition) is 4. The molecule has 7 heteroatoms. The molecule has 1 aliphatic rings. The number of likely N-dealkylation sites (tertiary alicyclic amines) is 1. The lowest BCUT2D eigenvalue weighted by molar-refractivity contribution is -0.149. The fourth-order valence-corrected chi connectivity index (χ4v) is 3.69. The van der Waals surface area contributed by atoms with Crippen LogP contribution < -0.4 is 10.1 Å². The molecule has 0 aromatic heterocycles. The van der Waals surface area contributed by atoms with Crippen LogP contribution in [0.15, 0.2) is 59.6 Å². The molecule has 31 heavy (non-hydrogen) atoms. The molecule has 1 saturated heterocycles. The second-order valence-electron chi connectivity index (χ2n) is 7.20. The summed E-state index contributed by atoms with van der Waals surface area (Å²) in [5.41, 5.74) is 2.23. The average Bonchev–Trinajstić information content (AvgIpc) is 2.80. The molecule has 2 aromatic rings. The molecule has 168 valence electrons. The Bertz CT molecular complexity index is 837. The van der Waals surface area contributed by atoms with Crippen molar-refractivity contribution in [3.05, 3.63) is 54.6 Å². The van der Waals surface area contributed by atoms with Gasteiger partial charge in [0.2, 0.25) is 0 Å². The standard InChI is InChI=1S/C24H31N3O3.HI/c1-3-29-23(28)20-13-16-27(17-14-20)24(25-2)26-15-18-30-22-12-8-7-11-21(22)19-9-5-4-6-10-19;/h4-12,20H,3,13-18H2,1-2H3,(H,25,26);1H. The van der Waals surface area contributed by atoms with Gasteiger partial charge in [-0.05, 0) is 31.4 Å². The van der Waals surface area contributed by atoms with Gasteiger partial charge in [0.1, 0.15) is 12.4 Å². The Morgan fingerprint density at radius 1 is 1.10 bits per heavy atom. The van der Waals surface area contributed by atoms with Gasteiger partial charge in [0, 0.05) is 25.7 Å². The van der Waals surface area contributed by atoms with Gasteiger partial charge in [0.15, 0.2) is 5.96 Å². The van der Waals surface area contributed by atoms with Gasteiger partial charge in [-0.15, -0.1) is 24.0 Å². The van der Waals surface area contributed by atoms with Crippen LogP contribution in [0.1, 0.15) is 19.8 Å². The molecule has 1 heterocycles. The van der Waals surface area contributed by atoms with Crippen molar-refractivity contribution in [1.29, 1.82) is 0 Å². The van der Waals surface area contributed by atoms with Gasteiger partial charge in [-0.2, -0.15) is 0 Å². The van der Waals surface area contributed by atoms with E-state index >= 15 is 0 Å². The lowest BCUT2D eigenvalue weighted by atomic mass is 9.97. The zero-order valence-corrected chi connectivity index (χ0v) is 20.6. The van der Waals surface area contributed by atoms with Crippen LogP contribution in [-0.2, 0) is 9.53 Å². The Morgan fingerprint density at radius 2 is 1.77 bits per heavy atom. The van der Waals surface area contributed by atoms with E-state index < -0.39 is 0 Å². The van der Waals surface area contributed by atoms with Crippen LogP contribution in [0.25, 0.3) is 11.1 Å². The maximum atomic E-state index is 11.9. The van der Waals surface area contributed by atoms with Crippen molar-refractivity contribution in [3.8, 4) is 16.9 Å². The lowest BCUT2D eigenvalue weighted by Crippen LogP contribution is -2.47. The van der Waals surface area contributed by atoms with Gasteiger partial charge >= 0.3 is 5.97 Å². The smallest absolute Gasteiger partial charge is 0.309 e. The van der Waals surface area contributed by atoms with Crippen LogP contribution >= 0.6 is 24.0 Å². The van der Waals surface area contributed by atoms with Crippen molar-refractivity contribution < 1.29 is 14.3 Å². The van der Waals surface area contributed by atoms with Crippen LogP contribution in [0.5, 0.6) is 5.75 Å². The molecule has 0 atom stereocenters. The summed E-state index contributed by atoms with van der Waals surface area (Å²) in [6, 6.07) is 18.3. The van der Waals surface area contributed by atoms with Crippen molar-refractivity contribution >= 4 is 35.9 Å². The maximum absolute atomic E-state index is 11.9. The molecule has 1 N–H and O–H groups in total. The number of piperidine rings is 1. The molecule has 0 aliphatic carbocycles. The summed E-state index contributed by atoms with van der Waals surface area (Å²) in [6.45, 7) is 5.05. The van der Waals surface area contributed by atoms with Gasteiger partial charge in [-0.3, -0.25) is 9.79 Å². The SMILES string of the molecule is CCOC(=O)C1CCN(C(=NC)NCCOc2ccccc2-c2ccccc2)CC1.I. The fourth-order valence-electron chi connectivity index (χ4n) is 3.69. The highest BCUT2D eigenvalue weighted by atomic mass is 127. The molecular formula is C24H32IN3O3. The number of guanidine groups is 1. The van der Waals surface area contributed by atoms with E-state index in [9.17, 15) is 4.79 Å². The van der Waals surface area contributed by atoms with Crippen molar-refractivity contribution in [2.24, 2.45) is 10.9 Å². The number of nitrogens with zero attached hydrogens (tertiary/aromatic N) is 2. The van der Waals surface area contributed by atoms with E-state index in [2.05, 4.69) is 33.4 Å². The number of carbonyl (C=O) groups excluding carboxylic acids is 1. The van der Waals surface area contributed by atoms with E-state index in [0.29, 0.717) is 19.8 Å². The van der Waals surface area contributed by atoms with Gasteiger partial charge in [0.05, 0.1) is 19.1 Å². The third kappa shape index (κ3) is 7.12. The van der Waals surface area contributed by atoms with E-state index in [0.717, 1.165) is 48.8 Å². The molecule has 0 amide bonds. The second kappa shape index (κ2) is 13.2. The van der Waals surface area contributed by atoms with Crippen LogP contribution in [0.3, 0.4) is 0 Å². The second-order valence-corrected chi connectivity index (χ2v) is 7.20. The largest absolute Gasteiger partial charge is 0.491 e. The van der Waals surface area contributed by atoms with Crippen molar-refractivity contribution in [3.63, 3.8) is 0 Å². The first kappa shape index (κ1) is 25.0. The Morgan fingerprint density at radius 3 is 2.45 bits per heavy atom. The highest BCUT2D eigenvalue weighted by molar-refractivity contribution is 14.0. The number of esters is 1. The highest BCUT2D eigenvalue weighted by Crippen LogP contribution is 2.29. The van der Waals surface area contributed by atoms with E-state index in [1.807, 2.05) is 43.3 Å². The third-order valence-corrected chi connectivity index (χ3v) is 5.24. The van der Waals surface area contributed by atoms with Crippen LogP contribution in [0.2, 0.25) is 0 Å². The maximum Gasteiger partial charge on any atom is 0.309 e. The van der Waals surface area contributed by atoms with Crippen molar-refractivity contribution in [2.45, 2.75) is 19.8 Å². The predicted molar refractivity (Wildman–Crippen MR) is 135 cm³/mol. The molecule has 0 unspecified atom stereocenters. The zero-order chi connectivity index (χ0) is 21.2. The summed E-state index contributed by atoms with van der Waals surface area (Å²) >= 11 is 0. The summed E-state index contributed by atoms with van der Waals surface area (Å²) in [4.78, 5) is 18.5. The van der Waals surface area contributed by atoms with Gasteiger partial charge in [-0.1, -0.05) is 48.5 Å². The number of rotatable bonds is 7. The quantitative estimate of drug-likeness (QED) is 0.189. The summed E-state index contributed by atoms with van der Waals surface area (Å²) in [5.74, 6) is 1.63. The molecule has 0 radical (unpaired) electrons. The predicted octanol–water partition coefficient (Wildman–Crippen LogP) is 4.20. The molecule has 0 saturated carbocycles. The van der Waals surface area contributed by atoms with Crippen molar-refractivity contribution in [1.82, 2.24) is 10.2 Å². The van der Waals surface area contributed by atoms with Crippen LogP contribution in [0.4, 0.5) is 0 Å². The number of hydrogen-bond donors (Lipinski definition) is 1. The normalized spacial score (nSPS) is 14.5. The van der Waals surface area contributed by atoms with Gasteiger partial charge in [0.25, 0.3) is 0 Å². The molecule has 3 rings (SSSR count). The summed E-state index contributed by atoms with van der Waals surface area (Å²) in [7, 11) is 1.78. The monoisotopic (exact) mass is 537 g/mol. The summed E-state index contributed by atoms with van der Waals surface area (Å²) < 4.78 is 11.2. The molecular weight excluding hydrogens is 505 g/mol. The molecule has 1 fully saturated rings. The molecule has 0 spiro atoms. The minimum absolute atomic E-state index is 0. The highest BCUT2D eigenvalue weighted by Gasteiger charge is 2.27. The van der Waals surface area contributed by atoms with E-state index in [-0.39, 0.29) is 35.9 Å². The van der Waals surface area contributed by atoms with Crippen LogP contribution in [-0.4, -0.2) is 56.7 Å². The molecule has 0 bridgehead atoms. The first-order valence-electron chi connectivity index (χ1n) is 10.6. The number of halogens is 1. The van der Waals surface area contributed by atoms with Crippen molar-refractivity contribution in [2.75, 3.05) is 39.9 Å². The Hall–Kier alpha value is -2.29. The number of nitrogens with one attached hydrogen (secondary N) is 1.